The number of carbonyl (C=O) groups is 1. The van der Waals surface area contributed by atoms with Crippen LogP contribution in [0.25, 0.3) is 0 Å². The molecular weight excluding hydrogens is 178 g/mol. The van der Waals surface area contributed by atoms with Crippen LogP contribution < -0.4 is 5.32 Å². The van der Waals surface area contributed by atoms with Gasteiger partial charge in [-0.3, -0.25) is 10.1 Å². The molecule has 4 nitrogen and oxygen atoms in total. The number of rotatable bonds is 2. The molecule has 0 radical (unpaired) electrons. The minimum atomic E-state index is -0.304. The van der Waals surface area contributed by atoms with Crippen LogP contribution >= 0.6 is 11.8 Å². The monoisotopic (exact) mass is 191 g/mol. The van der Waals surface area contributed by atoms with Gasteiger partial charge in [-0.1, -0.05) is 0 Å². The van der Waals surface area contributed by atoms with Crippen LogP contribution in [0.4, 0.5) is 0 Å². The van der Waals surface area contributed by atoms with Crippen LogP contribution in [0.3, 0.4) is 0 Å². The number of ether oxygens (including phenoxy) is 2. The second kappa shape index (κ2) is 4.69. The lowest BCUT2D eigenvalue weighted by Gasteiger charge is -2.28. The quantitative estimate of drug-likeness (QED) is 0.614. The number of methoxy groups -OCH3 is 1. The van der Waals surface area contributed by atoms with Crippen LogP contribution in [0.2, 0.25) is 0 Å². The molecule has 0 aromatic carbocycles. The molecular formula is C7H13NO3S. The van der Waals surface area contributed by atoms with E-state index in [9.17, 15) is 4.79 Å². The van der Waals surface area contributed by atoms with E-state index in [1.165, 1.54) is 7.11 Å². The molecule has 5 heteroatoms. The smallest absolute Gasteiger partial charge is 0.325 e. The third kappa shape index (κ3) is 2.36. The van der Waals surface area contributed by atoms with Crippen molar-refractivity contribution in [3.05, 3.63) is 0 Å². The van der Waals surface area contributed by atoms with Gasteiger partial charge in [0.2, 0.25) is 0 Å². The van der Waals surface area contributed by atoms with Crippen LogP contribution in [0.1, 0.15) is 0 Å². The Hall–Kier alpha value is -0.260. The molecule has 0 aromatic rings. The molecule has 0 bridgehead atoms. The lowest BCUT2D eigenvalue weighted by Crippen LogP contribution is -2.51. The van der Waals surface area contributed by atoms with Crippen molar-refractivity contribution in [3.63, 3.8) is 0 Å². The summed E-state index contributed by atoms with van der Waals surface area (Å²) in [6.07, 6.45) is 1.97. The first kappa shape index (κ1) is 9.83. The van der Waals surface area contributed by atoms with Crippen molar-refractivity contribution >= 4 is 17.7 Å². The van der Waals surface area contributed by atoms with Gasteiger partial charge in [-0.2, -0.15) is 0 Å². The molecule has 1 N–H and O–H groups in total. The van der Waals surface area contributed by atoms with Crippen LogP contribution in [0.5, 0.6) is 0 Å². The minimum Gasteiger partial charge on any atom is -0.468 e. The normalized spacial score (nSPS) is 29.8. The fraction of sp³-hybridized carbons (Fsp3) is 0.857. The number of carbonyl (C=O) groups excluding carboxylic acids is 1. The predicted octanol–water partition coefficient (Wildman–Crippen LogP) is -0.163. The van der Waals surface area contributed by atoms with Crippen molar-refractivity contribution in [2.75, 3.05) is 26.6 Å². The van der Waals surface area contributed by atoms with E-state index in [1.807, 2.05) is 6.26 Å². The summed E-state index contributed by atoms with van der Waals surface area (Å²) in [5, 5.41) is 3.31. The standard InChI is InChI=1S/C7H13NO3S/c1-10-7(9)5-3-11-4-6(8-5)12-2/h5-6,8H,3-4H2,1-2H3. The maximum atomic E-state index is 11.1. The average molecular weight is 191 g/mol. The molecule has 0 saturated carbocycles. The third-order valence-electron chi connectivity index (χ3n) is 1.71. The van der Waals surface area contributed by atoms with Gasteiger partial charge in [-0.15, -0.1) is 11.8 Å². The van der Waals surface area contributed by atoms with Crippen molar-refractivity contribution in [1.29, 1.82) is 0 Å². The lowest BCUT2D eigenvalue weighted by molar-refractivity contribution is -0.146. The Labute approximate surface area is 76.0 Å². The number of nitrogens with one attached hydrogen (secondary N) is 1. The van der Waals surface area contributed by atoms with Crippen molar-refractivity contribution in [3.8, 4) is 0 Å². The van der Waals surface area contributed by atoms with E-state index in [2.05, 4.69) is 10.1 Å². The minimum absolute atomic E-state index is 0.197. The predicted molar refractivity (Wildman–Crippen MR) is 47.1 cm³/mol. The van der Waals surface area contributed by atoms with E-state index in [0.717, 1.165) is 0 Å². The molecule has 12 heavy (non-hydrogen) atoms. The molecule has 0 aliphatic carbocycles. The van der Waals surface area contributed by atoms with Crippen molar-refractivity contribution < 1.29 is 14.3 Å². The summed E-state index contributed by atoms with van der Waals surface area (Å²) in [5.41, 5.74) is 0. The zero-order chi connectivity index (χ0) is 8.97. The molecule has 1 saturated heterocycles. The van der Waals surface area contributed by atoms with Gasteiger partial charge < -0.3 is 9.47 Å². The van der Waals surface area contributed by atoms with Crippen LogP contribution in [0, 0.1) is 0 Å². The fourth-order valence-corrected chi connectivity index (χ4v) is 1.56. The largest absolute Gasteiger partial charge is 0.468 e. The Balaban J connectivity index is 2.40. The molecule has 2 atom stereocenters. The molecule has 2 unspecified atom stereocenters. The first-order chi connectivity index (χ1) is 5.77. The third-order valence-corrected chi connectivity index (χ3v) is 2.55. The lowest BCUT2D eigenvalue weighted by atomic mass is 10.3. The molecule has 0 spiro atoms. The maximum absolute atomic E-state index is 11.1. The van der Waals surface area contributed by atoms with Crippen LogP contribution in [-0.4, -0.2) is 44.0 Å². The van der Waals surface area contributed by atoms with Gasteiger partial charge in [0.25, 0.3) is 0 Å². The van der Waals surface area contributed by atoms with Crippen molar-refractivity contribution in [2.45, 2.75) is 11.4 Å². The molecule has 1 heterocycles. The first-order valence-corrected chi connectivity index (χ1v) is 5.01. The number of thioether (sulfide) groups is 1. The molecule has 1 fully saturated rings. The van der Waals surface area contributed by atoms with Gasteiger partial charge in [0, 0.05) is 0 Å². The first-order valence-electron chi connectivity index (χ1n) is 3.72. The highest BCUT2D eigenvalue weighted by molar-refractivity contribution is 7.99. The Morgan fingerprint density at radius 1 is 1.67 bits per heavy atom. The van der Waals surface area contributed by atoms with Crippen LogP contribution in [-0.2, 0) is 14.3 Å². The van der Waals surface area contributed by atoms with E-state index in [-0.39, 0.29) is 17.4 Å². The van der Waals surface area contributed by atoms with Gasteiger partial charge in [-0.05, 0) is 6.26 Å². The Morgan fingerprint density at radius 3 is 3.00 bits per heavy atom. The summed E-state index contributed by atoms with van der Waals surface area (Å²) in [7, 11) is 1.38. The number of hydrogen-bond donors (Lipinski definition) is 1. The zero-order valence-electron chi connectivity index (χ0n) is 7.20. The number of esters is 1. The summed E-state index contributed by atoms with van der Waals surface area (Å²) in [6, 6.07) is -0.304. The summed E-state index contributed by atoms with van der Waals surface area (Å²) in [5.74, 6) is -0.256. The molecule has 0 amide bonds. The van der Waals surface area contributed by atoms with E-state index in [0.29, 0.717) is 13.2 Å². The summed E-state index contributed by atoms with van der Waals surface area (Å²) >= 11 is 1.63. The van der Waals surface area contributed by atoms with E-state index >= 15 is 0 Å². The second-order valence-corrected chi connectivity index (χ2v) is 3.54. The number of hydrogen-bond acceptors (Lipinski definition) is 5. The molecule has 1 rings (SSSR count). The Morgan fingerprint density at radius 2 is 2.42 bits per heavy atom. The van der Waals surface area contributed by atoms with Gasteiger partial charge in [0.15, 0.2) is 0 Å². The highest BCUT2D eigenvalue weighted by atomic mass is 32.2. The van der Waals surface area contributed by atoms with Gasteiger partial charge in [0.1, 0.15) is 6.04 Å². The summed E-state index contributed by atoms with van der Waals surface area (Å²) < 4.78 is 9.82. The van der Waals surface area contributed by atoms with Gasteiger partial charge >= 0.3 is 5.97 Å². The SMILES string of the molecule is COC(=O)C1COCC(SC)N1. The molecule has 70 valence electrons. The highest BCUT2D eigenvalue weighted by Gasteiger charge is 2.26. The zero-order valence-corrected chi connectivity index (χ0v) is 8.02. The van der Waals surface area contributed by atoms with E-state index in [1.54, 1.807) is 11.8 Å². The van der Waals surface area contributed by atoms with Gasteiger partial charge in [0.05, 0.1) is 25.7 Å². The highest BCUT2D eigenvalue weighted by Crippen LogP contribution is 2.10. The summed E-state index contributed by atoms with van der Waals surface area (Å²) in [4.78, 5) is 11.1. The average Bonchev–Trinajstić information content (AvgIpc) is 2.17. The number of morpholine rings is 1. The Kier molecular flexibility index (Phi) is 3.84. The van der Waals surface area contributed by atoms with E-state index in [4.69, 9.17) is 4.74 Å². The molecule has 1 aliphatic heterocycles. The second-order valence-electron chi connectivity index (χ2n) is 2.50. The summed E-state index contributed by atoms with van der Waals surface area (Å²) in [6.45, 7) is 1.05. The van der Waals surface area contributed by atoms with Gasteiger partial charge in [-0.25, -0.2) is 0 Å². The Bertz CT molecular complexity index is 165. The van der Waals surface area contributed by atoms with Crippen molar-refractivity contribution in [2.24, 2.45) is 0 Å². The molecule has 1 aliphatic rings. The molecule has 0 aromatic heterocycles. The maximum Gasteiger partial charge on any atom is 0.325 e. The van der Waals surface area contributed by atoms with Crippen LogP contribution in [0.15, 0.2) is 0 Å². The fourth-order valence-electron chi connectivity index (χ4n) is 1.03. The van der Waals surface area contributed by atoms with Crippen molar-refractivity contribution in [1.82, 2.24) is 5.32 Å². The topological polar surface area (TPSA) is 47.6 Å². The van der Waals surface area contributed by atoms with E-state index < -0.39 is 0 Å².